The molecule has 18 heavy (non-hydrogen) atoms. The maximum Gasteiger partial charge on any atom is 0.266 e. The standard InChI is InChI=1S/C11H18N4O2S/c1-12-9-7-18-6-8(9)10-13-11(14-17-10)15-2-4-16-5-3-15/h8-9,12H,2-7H2,1H3. The lowest BCUT2D eigenvalue weighted by atomic mass is 10.0. The van der Waals surface area contributed by atoms with E-state index in [4.69, 9.17) is 9.26 Å². The predicted octanol–water partition coefficient (Wildman–Crippen LogP) is 0.325. The molecular weight excluding hydrogens is 252 g/mol. The second-order valence-corrected chi connectivity index (χ2v) is 5.65. The predicted molar refractivity (Wildman–Crippen MR) is 70.2 cm³/mol. The van der Waals surface area contributed by atoms with Crippen LogP contribution in [0.2, 0.25) is 0 Å². The van der Waals surface area contributed by atoms with Crippen molar-refractivity contribution in [2.24, 2.45) is 0 Å². The molecular formula is C11H18N4O2S. The van der Waals surface area contributed by atoms with Crippen LogP contribution in [0.5, 0.6) is 0 Å². The summed E-state index contributed by atoms with van der Waals surface area (Å²) in [5.74, 6) is 3.97. The molecule has 0 spiro atoms. The van der Waals surface area contributed by atoms with Crippen LogP contribution in [0.1, 0.15) is 11.8 Å². The molecule has 3 rings (SSSR count). The van der Waals surface area contributed by atoms with E-state index in [9.17, 15) is 0 Å². The number of hydrogen-bond acceptors (Lipinski definition) is 7. The van der Waals surface area contributed by atoms with Crippen molar-refractivity contribution < 1.29 is 9.26 Å². The minimum absolute atomic E-state index is 0.335. The van der Waals surface area contributed by atoms with Gasteiger partial charge < -0.3 is 19.5 Å². The Kier molecular flexibility index (Phi) is 3.72. The maximum absolute atomic E-state index is 5.44. The van der Waals surface area contributed by atoms with E-state index in [0.29, 0.717) is 17.9 Å². The molecule has 2 aliphatic heterocycles. The highest BCUT2D eigenvalue weighted by molar-refractivity contribution is 7.99. The molecule has 0 radical (unpaired) electrons. The summed E-state index contributed by atoms with van der Waals surface area (Å²) in [6.07, 6.45) is 0. The third-order valence-corrected chi connectivity index (χ3v) is 4.68. The van der Waals surface area contributed by atoms with E-state index < -0.39 is 0 Å². The highest BCUT2D eigenvalue weighted by atomic mass is 32.2. The summed E-state index contributed by atoms with van der Waals surface area (Å²) in [5.41, 5.74) is 0. The lowest BCUT2D eigenvalue weighted by molar-refractivity contribution is 0.121. The molecule has 1 aromatic rings. The Morgan fingerprint density at radius 2 is 2.17 bits per heavy atom. The second-order valence-electron chi connectivity index (χ2n) is 4.57. The van der Waals surface area contributed by atoms with E-state index in [2.05, 4.69) is 20.4 Å². The van der Waals surface area contributed by atoms with Crippen LogP contribution in [0.3, 0.4) is 0 Å². The lowest BCUT2D eigenvalue weighted by Gasteiger charge is -2.24. The fourth-order valence-electron chi connectivity index (χ4n) is 2.35. The molecule has 2 aliphatic rings. The summed E-state index contributed by atoms with van der Waals surface area (Å²) in [4.78, 5) is 6.67. The maximum atomic E-state index is 5.44. The van der Waals surface area contributed by atoms with E-state index in [1.807, 2.05) is 18.8 Å². The molecule has 2 fully saturated rings. The van der Waals surface area contributed by atoms with E-state index in [1.54, 1.807) is 0 Å². The van der Waals surface area contributed by atoms with Gasteiger partial charge in [0.1, 0.15) is 0 Å². The van der Waals surface area contributed by atoms with Gasteiger partial charge in [-0.25, -0.2) is 0 Å². The highest BCUT2D eigenvalue weighted by Gasteiger charge is 2.33. The molecule has 2 unspecified atom stereocenters. The summed E-state index contributed by atoms with van der Waals surface area (Å²) >= 11 is 1.93. The van der Waals surface area contributed by atoms with E-state index in [1.165, 1.54) is 0 Å². The van der Waals surface area contributed by atoms with Gasteiger partial charge in [-0.05, 0) is 12.2 Å². The summed E-state index contributed by atoms with van der Waals surface area (Å²) in [6, 6.07) is 0.438. The largest absolute Gasteiger partial charge is 0.378 e. The van der Waals surface area contributed by atoms with Gasteiger partial charge in [0.05, 0.1) is 19.1 Å². The summed E-state index contributed by atoms with van der Waals surface area (Å²) in [6.45, 7) is 3.16. The summed E-state index contributed by atoms with van der Waals surface area (Å²) in [5, 5.41) is 7.42. The van der Waals surface area contributed by atoms with Crippen molar-refractivity contribution >= 4 is 17.7 Å². The van der Waals surface area contributed by atoms with Crippen LogP contribution in [0.25, 0.3) is 0 Å². The number of nitrogens with zero attached hydrogens (tertiary/aromatic N) is 3. The fraction of sp³-hybridized carbons (Fsp3) is 0.818. The molecule has 0 bridgehead atoms. The zero-order chi connectivity index (χ0) is 12.4. The molecule has 1 aromatic heterocycles. The molecule has 7 heteroatoms. The summed E-state index contributed by atoms with van der Waals surface area (Å²) < 4.78 is 10.8. The van der Waals surface area contributed by atoms with Crippen molar-refractivity contribution in [2.45, 2.75) is 12.0 Å². The average Bonchev–Trinajstić information content (AvgIpc) is 3.08. The molecule has 3 heterocycles. The molecule has 100 valence electrons. The molecule has 2 atom stereocenters. The second kappa shape index (κ2) is 5.46. The minimum atomic E-state index is 0.335. The summed E-state index contributed by atoms with van der Waals surface area (Å²) in [7, 11) is 1.99. The minimum Gasteiger partial charge on any atom is -0.378 e. The Morgan fingerprint density at radius 3 is 2.94 bits per heavy atom. The van der Waals surface area contributed by atoms with Crippen molar-refractivity contribution in [2.75, 3.05) is 49.8 Å². The Bertz CT molecular complexity index is 394. The SMILES string of the molecule is CNC1CSCC1c1nc(N2CCOCC2)no1. The van der Waals surface area contributed by atoms with E-state index >= 15 is 0 Å². The molecule has 1 N–H and O–H groups in total. The van der Waals surface area contributed by atoms with Gasteiger partial charge in [0.2, 0.25) is 5.89 Å². The Labute approximate surface area is 110 Å². The van der Waals surface area contributed by atoms with Crippen LogP contribution in [-0.4, -0.2) is 61.0 Å². The zero-order valence-electron chi connectivity index (χ0n) is 10.5. The van der Waals surface area contributed by atoms with Crippen molar-refractivity contribution in [3.8, 4) is 0 Å². The van der Waals surface area contributed by atoms with Crippen molar-refractivity contribution in [1.82, 2.24) is 15.5 Å². The highest BCUT2D eigenvalue weighted by Crippen LogP contribution is 2.32. The Balaban J connectivity index is 1.72. The number of aromatic nitrogens is 2. The first-order valence-electron chi connectivity index (χ1n) is 6.30. The van der Waals surface area contributed by atoms with Gasteiger partial charge in [0, 0.05) is 30.6 Å². The lowest BCUT2D eigenvalue weighted by Crippen LogP contribution is -2.37. The van der Waals surface area contributed by atoms with Crippen LogP contribution in [0, 0.1) is 0 Å². The van der Waals surface area contributed by atoms with E-state index in [0.717, 1.165) is 43.7 Å². The zero-order valence-corrected chi connectivity index (χ0v) is 11.3. The number of likely N-dealkylation sites (N-methyl/N-ethyl adjacent to an activating group) is 1. The van der Waals surface area contributed by atoms with Gasteiger partial charge >= 0.3 is 0 Å². The monoisotopic (exact) mass is 270 g/mol. The van der Waals surface area contributed by atoms with Gasteiger partial charge in [0.15, 0.2) is 0 Å². The van der Waals surface area contributed by atoms with Crippen LogP contribution in [0.15, 0.2) is 4.52 Å². The van der Waals surface area contributed by atoms with Gasteiger partial charge in [0.25, 0.3) is 5.95 Å². The van der Waals surface area contributed by atoms with Crippen molar-refractivity contribution in [3.05, 3.63) is 5.89 Å². The van der Waals surface area contributed by atoms with Crippen LogP contribution < -0.4 is 10.2 Å². The smallest absolute Gasteiger partial charge is 0.266 e. The third-order valence-electron chi connectivity index (χ3n) is 3.49. The number of thioether (sulfide) groups is 1. The molecule has 0 aromatic carbocycles. The first-order chi connectivity index (χ1) is 8.88. The molecule has 0 aliphatic carbocycles. The van der Waals surface area contributed by atoms with Crippen LogP contribution in [0.4, 0.5) is 5.95 Å². The van der Waals surface area contributed by atoms with E-state index in [-0.39, 0.29) is 0 Å². The number of rotatable bonds is 3. The number of hydrogen-bond donors (Lipinski definition) is 1. The topological polar surface area (TPSA) is 63.4 Å². The molecule has 0 saturated carbocycles. The fourth-order valence-corrected chi connectivity index (χ4v) is 3.77. The normalized spacial score (nSPS) is 28.8. The van der Waals surface area contributed by atoms with Crippen molar-refractivity contribution in [3.63, 3.8) is 0 Å². The molecule has 2 saturated heterocycles. The van der Waals surface area contributed by atoms with Crippen molar-refractivity contribution in [1.29, 1.82) is 0 Å². The van der Waals surface area contributed by atoms with Gasteiger partial charge in [-0.3, -0.25) is 0 Å². The number of nitrogens with one attached hydrogen (secondary N) is 1. The quantitative estimate of drug-likeness (QED) is 0.849. The van der Waals surface area contributed by atoms with Gasteiger partial charge in [-0.15, -0.1) is 0 Å². The van der Waals surface area contributed by atoms with Gasteiger partial charge in [-0.1, -0.05) is 0 Å². The van der Waals surface area contributed by atoms with Gasteiger partial charge in [-0.2, -0.15) is 16.7 Å². The van der Waals surface area contributed by atoms with Crippen LogP contribution >= 0.6 is 11.8 Å². The first-order valence-corrected chi connectivity index (χ1v) is 7.45. The Hall–Kier alpha value is -0.790. The third kappa shape index (κ3) is 2.34. The first kappa shape index (κ1) is 12.3. The number of anilines is 1. The Morgan fingerprint density at radius 1 is 1.33 bits per heavy atom. The molecule has 0 amide bonds. The number of ether oxygens (including phenoxy) is 1. The van der Waals surface area contributed by atoms with Crippen LogP contribution in [-0.2, 0) is 4.74 Å². The average molecular weight is 270 g/mol. The molecule has 6 nitrogen and oxygen atoms in total. The number of morpholine rings is 1.